The van der Waals surface area contributed by atoms with E-state index in [1.807, 2.05) is 54.8 Å². The summed E-state index contributed by atoms with van der Waals surface area (Å²) in [6.45, 7) is 5.71. The summed E-state index contributed by atoms with van der Waals surface area (Å²) in [6, 6.07) is 12.1. The number of aromatic nitrogens is 1. The monoisotopic (exact) mass is 443 g/mol. The van der Waals surface area contributed by atoms with Crippen molar-refractivity contribution in [1.82, 2.24) is 15.0 Å². The highest BCUT2D eigenvalue weighted by Gasteiger charge is 2.28. The summed E-state index contributed by atoms with van der Waals surface area (Å²) >= 11 is 1.44. The highest BCUT2D eigenvalue weighted by atomic mass is 32.2. The Morgan fingerprint density at radius 2 is 1.77 bits per heavy atom. The summed E-state index contributed by atoms with van der Waals surface area (Å²) in [5, 5.41) is 4.64. The van der Waals surface area contributed by atoms with Gasteiger partial charge in [-0.1, -0.05) is 48.0 Å². The molecule has 0 spiro atoms. The zero-order valence-corrected chi connectivity index (χ0v) is 18.8. The minimum atomic E-state index is -3.90. The molecule has 0 saturated carbocycles. The van der Waals surface area contributed by atoms with E-state index in [0.29, 0.717) is 11.1 Å². The molecule has 0 unspecified atom stereocenters. The first-order valence-electron chi connectivity index (χ1n) is 9.55. The lowest BCUT2D eigenvalue weighted by Crippen LogP contribution is -2.48. The fourth-order valence-electron chi connectivity index (χ4n) is 3.50. The highest BCUT2D eigenvalue weighted by molar-refractivity contribution is 7.89. The third-order valence-electron chi connectivity index (χ3n) is 4.70. The SMILES string of the molecule is Cc1cc(C)c(S(=O)(=O)N[C@@H](Cc2ccccc2)C(=O)NCc2cscn2)c(C)c1. The molecule has 1 aromatic heterocycles. The van der Waals surface area contributed by atoms with Crippen molar-refractivity contribution in [3.63, 3.8) is 0 Å². The van der Waals surface area contributed by atoms with Crippen molar-refractivity contribution in [2.24, 2.45) is 0 Å². The van der Waals surface area contributed by atoms with Gasteiger partial charge in [0.05, 0.1) is 22.6 Å². The fraction of sp³-hybridized carbons (Fsp3) is 0.273. The minimum Gasteiger partial charge on any atom is -0.349 e. The van der Waals surface area contributed by atoms with E-state index < -0.39 is 22.0 Å². The van der Waals surface area contributed by atoms with Gasteiger partial charge in [-0.25, -0.2) is 13.4 Å². The summed E-state index contributed by atoms with van der Waals surface area (Å²) in [4.78, 5) is 17.3. The van der Waals surface area contributed by atoms with Gasteiger partial charge in [0.1, 0.15) is 6.04 Å². The van der Waals surface area contributed by atoms with Gasteiger partial charge in [0.25, 0.3) is 0 Å². The second-order valence-electron chi connectivity index (χ2n) is 7.29. The normalized spacial score (nSPS) is 12.5. The molecule has 3 rings (SSSR count). The van der Waals surface area contributed by atoms with Crippen molar-refractivity contribution in [3.05, 3.63) is 81.3 Å². The first-order valence-corrected chi connectivity index (χ1v) is 12.0. The largest absolute Gasteiger partial charge is 0.349 e. The van der Waals surface area contributed by atoms with Crippen LogP contribution in [0.2, 0.25) is 0 Å². The molecule has 1 heterocycles. The zero-order valence-electron chi connectivity index (χ0n) is 17.2. The van der Waals surface area contributed by atoms with Gasteiger partial charge in [0.15, 0.2) is 0 Å². The first kappa shape index (κ1) is 22.1. The number of benzene rings is 2. The molecule has 0 radical (unpaired) electrons. The molecule has 0 aliphatic heterocycles. The van der Waals surface area contributed by atoms with E-state index in [2.05, 4.69) is 15.0 Å². The number of thiazole rings is 1. The van der Waals surface area contributed by atoms with Crippen molar-refractivity contribution in [2.45, 2.75) is 44.7 Å². The van der Waals surface area contributed by atoms with Crippen molar-refractivity contribution < 1.29 is 13.2 Å². The highest BCUT2D eigenvalue weighted by Crippen LogP contribution is 2.22. The third-order valence-corrected chi connectivity index (χ3v) is 7.11. The molecule has 1 atom stereocenters. The molecule has 0 bridgehead atoms. The van der Waals surface area contributed by atoms with E-state index in [-0.39, 0.29) is 17.9 Å². The van der Waals surface area contributed by atoms with Gasteiger partial charge in [-0.15, -0.1) is 11.3 Å². The van der Waals surface area contributed by atoms with Crippen LogP contribution in [0.3, 0.4) is 0 Å². The van der Waals surface area contributed by atoms with Crippen LogP contribution in [0, 0.1) is 20.8 Å². The van der Waals surface area contributed by atoms with E-state index in [4.69, 9.17) is 0 Å². The molecule has 6 nitrogen and oxygen atoms in total. The van der Waals surface area contributed by atoms with E-state index >= 15 is 0 Å². The van der Waals surface area contributed by atoms with Crippen LogP contribution in [0.1, 0.15) is 27.9 Å². The molecule has 2 aromatic carbocycles. The van der Waals surface area contributed by atoms with E-state index in [0.717, 1.165) is 16.8 Å². The fourth-order valence-corrected chi connectivity index (χ4v) is 5.71. The average molecular weight is 444 g/mol. The van der Waals surface area contributed by atoms with Crippen LogP contribution in [0.25, 0.3) is 0 Å². The van der Waals surface area contributed by atoms with Gasteiger partial charge in [0, 0.05) is 5.38 Å². The lowest BCUT2D eigenvalue weighted by Gasteiger charge is -2.20. The second kappa shape index (κ2) is 9.51. The molecule has 1 amide bonds. The number of hydrogen-bond acceptors (Lipinski definition) is 5. The molecule has 3 aromatic rings. The Hall–Kier alpha value is -2.55. The molecule has 2 N–H and O–H groups in total. The number of carbonyl (C=O) groups is 1. The molecule has 8 heteroatoms. The van der Waals surface area contributed by atoms with Crippen LogP contribution in [0.4, 0.5) is 0 Å². The number of hydrogen-bond donors (Lipinski definition) is 2. The van der Waals surface area contributed by atoms with Crippen LogP contribution in [0.5, 0.6) is 0 Å². The summed E-state index contributed by atoms with van der Waals surface area (Å²) in [5.41, 5.74) is 5.59. The Balaban J connectivity index is 1.86. The molecule has 0 aliphatic carbocycles. The number of carbonyl (C=O) groups excluding carboxylic acids is 1. The lowest BCUT2D eigenvalue weighted by molar-refractivity contribution is -0.122. The number of aryl methyl sites for hydroxylation is 3. The Morgan fingerprint density at radius 1 is 1.10 bits per heavy atom. The second-order valence-corrected chi connectivity index (χ2v) is 9.66. The van der Waals surface area contributed by atoms with Gasteiger partial charge >= 0.3 is 0 Å². The van der Waals surface area contributed by atoms with E-state index in [1.165, 1.54) is 11.3 Å². The molecule has 30 heavy (non-hydrogen) atoms. The topological polar surface area (TPSA) is 88.2 Å². The van der Waals surface area contributed by atoms with E-state index in [1.54, 1.807) is 19.4 Å². The Labute approximate surface area is 181 Å². The number of amides is 1. The number of sulfonamides is 1. The maximum absolute atomic E-state index is 13.2. The van der Waals surface area contributed by atoms with Crippen LogP contribution in [-0.2, 0) is 27.8 Å². The minimum absolute atomic E-state index is 0.221. The standard InChI is InChI=1S/C22H25N3O3S2/c1-15-9-16(2)21(17(3)10-15)30(27,28)25-20(11-18-7-5-4-6-8-18)22(26)23-12-19-13-29-14-24-19/h4-10,13-14,20,25H,11-12H2,1-3H3,(H,23,26)/t20-/m0/s1. The van der Waals surface area contributed by atoms with Gasteiger partial charge < -0.3 is 5.32 Å². The summed E-state index contributed by atoms with van der Waals surface area (Å²) in [6.07, 6.45) is 0.243. The van der Waals surface area contributed by atoms with Crippen LogP contribution < -0.4 is 10.0 Å². The zero-order chi connectivity index (χ0) is 21.7. The molecular formula is C22H25N3O3S2. The van der Waals surface area contributed by atoms with Crippen LogP contribution in [0.15, 0.2) is 58.3 Å². The van der Waals surface area contributed by atoms with Gasteiger partial charge in [-0.05, 0) is 43.9 Å². The number of nitrogens with zero attached hydrogens (tertiary/aromatic N) is 1. The molecule has 0 fully saturated rings. The molecule has 0 saturated heterocycles. The third kappa shape index (κ3) is 5.53. The maximum Gasteiger partial charge on any atom is 0.241 e. The van der Waals surface area contributed by atoms with Crippen LogP contribution in [-0.4, -0.2) is 25.4 Å². The average Bonchev–Trinajstić information content (AvgIpc) is 3.18. The van der Waals surface area contributed by atoms with Crippen molar-refractivity contribution >= 4 is 27.3 Å². The predicted molar refractivity (Wildman–Crippen MR) is 119 cm³/mol. The van der Waals surface area contributed by atoms with Crippen LogP contribution >= 0.6 is 11.3 Å². The van der Waals surface area contributed by atoms with Gasteiger partial charge in [0.2, 0.25) is 15.9 Å². The summed E-state index contributed by atoms with van der Waals surface area (Å²) in [7, 11) is -3.90. The van der Waals surface area contributed by atoms with Gasteiger partial charge in [-0.2, -0.15) is 4.72 Å². The number of nitrogens with one attached hydrogen (secondary N) is 2. The maximum atomic E-state index is 13.2. The number of rotatable bonds is 8. The lowest BCUT2D eigenvalue weighted by atomic mass is 10.1. The predicted octanol–water partition coefficient (Wildman–Crippen LogP) is 3.27. The first-order chi connectivity index (χ1) is 14.3. The Kier molecular flexibility index (Phi) is 7.02. The Morgan fingerprint density at radius 3 is 2.37 bits per heavy atom. The van der Waals surface area contributed by atoms with Gasteiger partial charge in [-0.3, -0.25) is 4.79 Å². The smallest absolute Gasteiger partial charge is 0.241 e. The summed E-state index contributed by atoms with van der Waals surface area (Å²) in [5.74, 6) is -0.391. The quantitative estimate of drug-likeness (QED) is 0.559. The van der Waals surface area contributed by atoms with Crippen molar-refractivity contribution in [2.75, 3.05) is 0 Å². The summed E-state index contributed by atoms with van der Waals surface area (Å²) < 4.78 is 29.1. The van der Waals surface area contributed by atoms with Crippen molar-refractivity contribution in [1.29, 1.82) is 0 Å². The molecular weight excluding hydrogens is 418 g/mol. The molecule has 0 aliphatic rings. The Bertz CT molecular complexity index is 1090. The van der Waals surface area contributed by atoms with E-state index in [9.17, 15) is 13.2 Å². The van der Waals surface area contributed by atoms with Crippen molar-refractivity contribution in [3.8, 4) is 0 Å². The molecule has 158 valence electrons.